The molecule has 0 saturated heterocycles. The van der Waals surface area contributed by atoms with E-state index >= 15 is 0 Å². The smallest absolute Gasteiger partial charge is 0.0193 e. The minimum atomic E-state index is 0.934. The Morgan fingerprint density at radius 1 is 1.09 bits per heavy atom. The molecule has 0 aromatic rings. The first-order valence-electron chi connectivity index (χ1n) is 4.69. The molecule has 2 saturated carbocycles. The zero-order chi connectivity index (χ0) is 7.42. The summed E-state index contributed by atoms with van der Waals surface area (Å²) in [5.41, 5.74) is 1.51. The molecule has 0 aliphatic heterocycles. The highest BCUT2D eigenvalue weighted by molar-refractivity contribution is 5.21. The van der Waals surface area contributed by atoms with E-state index in [1.54, 1.807) is 0 Å². The molecule has 4 unspecified atom stereocenters. The predicted octanol–water partition coefficient (Wildman–Crippen LogP) is 2.77. The van der Waals surface area contributed by atoms with Crippen LogP contribution >= 0.6 is 0 Å². The van der Waals surface area contributed by atoms with E-state index in [9.17, 15) is 0 Å². The van der Waals surface area contributed by atoms with Crippen LogP contribution < -0.4 is 0 Å². The maximum absolute atomic E-state index is 4.11. The molecule has 3 aliphatic carbocycles. The first-order valence-corrected chi connectivity index (χ1v) is 4.69. The van der Waals surface area contributed by atoms with E-state index < -0.39 is 0 Å². The van der Waals surface area contributed by atoms with Crippen LogP contribution in [0.15, 0.2) is 24.3 Å². The van der Waals surface area contributed by atoms with Crippen LogP contribution in [-0.4, -0.2) is 0 Å². The topological polar surface area (TPSA) is 0 Å². The quantitative estimate of drug-likeness (QED) is 0.461. The average Bonchev–Trinajstić information content (AvgIpc) is 2.53. The van der Waals surface area contributed by atoms with E-state index in [-0.39, 0.29) is 0 Å². The molecular weight excluding hydrogens is 132 g/mol. The summed E-state index contributed by atoms with van der Waals surface area (Å²) in [6.45, 7) is 4.11. The fourth-order valence-corrected chi connectivity index (χ4v) is 3.38. The Hall–Kier alpha value is -0.520. The van der Waals surface area contributed by atoms with Gasteiger partial charge in [0, 0.05) is 0 Å². The highest BCUT2D eigenvalue weighted by Gasteiger charge is 2.47. The van der Waals surface area contributed by atoms with Crippen LogP contribution in [0.4, 0.5) is 0 Å². The Bertz CT molecular complexity index is 214. The van der Waals surface area contributed by atoms with Crippen LogP contribution in [0.25, 0.3) is 0 Å². The van der Waals surface area contributed by atoms with E-state index in [1.165, 1.54) is 24.8 Å². The molecule has 58 valence electrons. The van der Waals surface area contributed by atoms with Crippen LogP contribution in [0.2, 0.25) is 0 Å². The van der Waals surface area contributed by atoms with Gasteiger partial charge >= 0.3 is 0 Å². The summed E-state index contributed by atoms with van der Waals surface area (Å²) >= 11 is 0. The lowest BCUT2D eigenvalue weighted by atomic mass is 9.86. The molecule has 4 atom stereocenters. The van der Waals surface area contributed by atoms with E-state index in [2.05, 4.69) is 18.7 Å². The Morgan fingerprint density at radius 3 is 2.18 bits per heavy atom. The van der Waals surface area contributed by atoms with Crippen molar-refractivity contribution in [3.05, 3.63) is 24.3 Å². The van der Waals surface area contributed by atoms with Gasteiger partial charge in [-0.05, 0) is 42.9 Å². The SMILES string of the molecule is C=C1CC2C3C=CC(C3)C2C1. The minimum absolute atomic E-state index is 0.934. The van der Waals surface area contributed by atoms with Crippen molar-refractivity contribution >= 4 is 0 Å². The predicted molar refractivity (Wildman–Crippen MR) is 46.1 cm³/mol. The lowest BCUT2D eigenvalue weighted by Gasteiger charge is -2.18. The Kier molecular flexibility index (Phi) is 0.988. The molecular formula is C11H14. The Labute approximate surface area is 68.0 Å². The van der Waals surface area contributed by atoms with E-state index in [4.69, 9.17) is 0 Å². The third-order valence-electron chi connectivity index (χ3n) is 3.85. The highest BCUT2D eigenvalue weighted by atomic mass is 14.5. The summed E-state index contributed by atoms with van der Waals surface area (Å²) in [6.07, 6.45) is 9.02. The monoisotopic (exact) mass is 146 g/mol. The van der Waals surface area contributed by atoms with Gasteiger partial charge in [0.2, 0.25) is 0 Å². The number of hydrogen-bond donors (Lipinski definition) is 0. The van der Waals surface area contributed by atoms with Crippen LogP contribution in [-0.2, 0) is 0 Å². The van der Waals surface area contributed by atoms with Gasteiger partial charge in [0.15, 0.2) is 0 Å². The lowest BCUT2D eigenvalue weighted by Crippen LogP contribution is -2.12. The zero-order valence-corrected chi connectivity index (χ0v) is 6.79. The van der Waals surface area contributed by atoms with Crippen molar-refractivity contribution in [2.45, 2.75) is 19.3 Å². The second-order valence-electron chi connectivity index (χ2n) is 4.43. The van der Waals surface area contributed by atoms with Crippen molar-refractivity contribution in [1.82, 2.24) is 0 Å². The Morgan fingerprint density at radius 2 is 1.64 bits per heavy atom. The molecule has 0 nitrogen and oxygen atoms in total. The standard InChI is InChI=1S/C11H14/c1-7-4-10-8-2-3-9(6-8)11(10)5-7/h2-3,8-11H,1,4-6H2. The van der Waals surface area contributed by atoms with Crippen molar-refractivity contribution in [3.63, 3.8) is 0 Å². The third kappa shape index (κ3) is 0.654. The number of fused-ring (bicyclic) bond motifs is 5. The van der Waals surface area contributed by atoms with E-state index in [1.807, 2.05) is 0 Å². The Balaban J connectivity index is 1.97. The lowest BCUT2D eigenvalue weighted by molar-refractivity contribution is 0.364. The molecule has 3 rings (SSSR count). The van der Waals surface area contributed by atoms with Gasteiger partial charge in [-0.2, -0.15) is 0 Å². The van der Waals surface area contributed by atoms with Gasteiger partial charge in [0.1, 0.15) is 0 Å². The maximum atomic E-state index is 4.11. The first-order chi connectivity index (χ1) is 5.34. The molecule has 0 aromatic heterocycles. The molecule has 0 heterocycles. The van der Waals surface area contributed by atoms with Crippen molar-refractivity contribution in [1.29, 1.82) is 0 Å². The van der Waals surface area contributed by atoms with E-state index in [0.29, 0.717) is 0 Å². The normalized spacial score (nSPS) is 52.2. The summed E-state index contributed by atoms with van der Waals surface area (Å²) in [5.74, 6) is 3.86. The fraction of sp³-hybridized carbons (Fsp3) is 0.636. The summed E-state index contributed by atoms with van der Waals surface area (Å²) in [7, 11) is 0. The van der Waals surface area contributed by atoms with E-state index in [0.717, 1.165) is 23.7 Å². The van der Waals surface area contributed by atoms with Gasteiger partial charge in [0.25, 0.3) is 0 Å². The molecule has 11 heavy (non-hydrogen) atoms. The fourth-order valence-electron chi connectivity index (χ4n) is 3.38. The van der Waals surface area contributed by atoms with Crippen LogP contribution in [0.1, 0.15) is 19.3 Å². The summed E-state index contributed by atoms with van der Waals surface area (Å²) in [5, 5.41) is 0. The van der Waals surface area contributed by atoms with Gasteiger partial charge in [-0.15, -0.1) is 0 Å². The molecule has 0 N–H and O–H groups in total. The van der Waals surface area contributed by atoms with Gasteiger partial charge in [-0.3, -0.25) is 0 Å². The molecule has 2 bridgehead atoms. The third-order valence-corrected chi connectivity index (χ3v) is 3.85. The number of allylic oxidation sites excluding steroid dienone is 3. The van der Waals surface area contributed by atoms with Crippen LogP contribution in [0, 0.1) is 23.7 Å². The summed E-state index contributed by atoms with van der Waals surface area (Å²) in [6, 6.07) is 0. The van der Waals surface area contributed by atoms with Gasteiger partial charge in [0.05, 0.1) is 0 Å². The van der Waals surface area contributed by atoms with Crippen LogP contribution in [0.3, 0.4) is 0 Å². The zero-order valence-electron chi connectivity index (χ0n) is 6.79. The maximum Gasteiger partial charge on any atom is -0.0193 e. The molecule has 2 fully saturated rings. The average molecular weight is 146 g/mol. The van der Waals surface area contributed by atoms with Crippen molar-refractivity contribution in [2.24, 2.45) is 23.7 Å². The summed E-state index contributed by atoms with van der Waals surface area (Å²) < 4.78 is 0. The second-order valence-corrected chi connectivity index (χ2v) is 4.43. The number of rotatable bonds is 0. The van der Waals surface area contributed by atoms with Gasteiger partial charge < -0.3 is 0 Å². The molecule has 0 spiro atoms. The molecule has 0 radical (unpaired) electrons. The number of hydrogen-bond acceptors (Lipinski definition) is 0. The van der Waals surface area contributed by atoms with Crippen molar-refractivity contribution < 1.29 is 0 Å². The van der Waals surface area contributed by atoms with Gasteiger partial charge in [-0.1, -0.05) is 24.3 Å². The first kappa shape index (κ1) is 6.05. The van der Waals surface area contributed by atoms with Crippen LogP contribution in [0.5, 0.6) is 0 Å². The molecule has 0 heteroatoms. The summed E-state index contributed by atoms with van der Waals surface area (Å²) in [4.78, 5) is 0. The molecule has 0 aromatic carbocycles. The van der Waals surface area contributed by atoms with Gasteiger partial charge in [-0.25, -0.2) is 0 Å². The largest absolute Gasteiger partial charge is 0.0998 e. The minimum Gasteiger partial charge on any atom is -0.0998 e. The van der Waals surface area contributed by atoms with Crippen molar-refractivity contribution in [2.75, 3.05) is 0 Å². The van der Waals surface area contributed by atoms with Crippen molar-refractivity contribution in [3.8, 4) is 0 Å². The molecule has 0 amide bonds. The highest BCUT2D eigenvalue weighted by Crippen LogP contribution is 2.56. The second kappa shape index (κ2) is 1.80. The molecule has 3 aliphatic rings.